The molecule has 1 rings (SSSR count). The Kier molecular flexibility index (Phi) is 4.36. The van der Waals surface area contributed by atoms with Gasteiger partial charge in [-0.2, -0.15) is 0 Å². The van der Waals surface area contributed by atoms with Gasteiger partial charge >= 0.3 is 5.97 Å². The number of halogens is 1. The van der Waals surface area contributed by atoms with Crippen molar-refractivity contribution in [2.24, 2.45) is 0 Å². The topological polar surface area (TPSA) is 26.3 Å². The minimum Gasteiger partial charge on any atom is -0.460 e. The van der Waals surface area contributed by atoms with Crippen molar-refractivity contribution in [1.29, 1.82) is 0 Å². The van der Waals surface area contributed by atoms with E-state index in [0.29, 0.717) is 0 Å². The number of esters is 1. The minimum absolute atomic E-state index is 0.197. The van der Waals surface area contributed by atoms with Gasteiger partial charge in [0.05, 0.1) is 11.8 Å². The molecule has 0 bridgehead atoms. The predicted molar refractivity (Wildman–Crippen MR) is 65.5 cm³/mol. The smallest absolute Gasteiger partial charge is 0.308 e. The Morgan fingerprint density at radius 3 is 2.38 bits per heavy atom. The van der Waals surface area contributed by atoms with Crippen LogP contribution in [0.4, 0.5) is 0 Å². The third kappa shape index (κ3) is 4.67. The lowest BCUT2D eigenvalue weighted by molar-refractivity contribution is -0.154. The van der Waals surface area contributed by atoms with Crippen LogP contribution in [0.25, 0.3) is 0 Å². The molecule has 2 nitrogen and oxygen atoms in total. The number of ether oxygens (including phenoxy) is 1. The lowest BCUT2D eigenvalue weighted by atomic mass is 10.1. The first-order chi connectivity index (χ1) is 7.38. The molecule has 1 atom stereocenters. The molecule has 0 aliphatic rings. The number of alkyl halides is 1. The highest BCUT2D eigenvalue weighted by molar-refractivity contribution is 6.21. The number of hydrogen-bond donors (Lipinski definition) is 0. The maximum atomic E-state index is 11.5. The summed E-state index contributed by atoms with van der Waals surface area (Å²) in [4.78, 5) is 11.5. The molecule has 88 valence electrons. The summed E-state index contributed by atoms with van der Waals surface area (Å²) < 4.78 is 5.21. The molecule has 3 heteroatoms. The maximum absolute atomic E-state index is 11.5. The third-order valence-electron chi connectivity index (χ3n) is 1.93. The van der Waals surface area contributed by atoms with Gasteiger partial charge in [-0.25, -0.2) is 0 Å². The average molecular weight is 241 g/mol. The van der Waals surface area contributed by atoms with E-state index in [9.17, 15) is 4.79 Å². The number of benzene rings is 1. The van der Waals surface area contributed by atoms with Gasteiger partial charge in [-0.05, 0) is 26.3 Å². The highest BCUT2D eigenvalue weighted by Gasteiger charge is 2.19. The molecule has 1 aromatic rings. The van der Waals surface area contributed by atoms with Crippen molar-refractivity contribution in [3.8, 4) is 0 Å². The molecule has 0 aromatic heterocycles. The van der Waals surface area contributed by atoms with Crippen molar-refractivity contribution >= 4 is 17.6 Å². The highest BCUT2D eigenvalue weighted by atomic mass is 35.5. The number of hydrogen-bond acceptors (Lipinski definition) is 2. The second kappa shape index (κ2) is 5.35. The average Bonchev–Trinajstić information content (AvgIpc) is 2.16. The monoisotopic (exact) mass is 240 g/mol. The number of carbonyl (C=O) groups excluding carboxylic acids is 1. The Hall–Kier alpha value is -1.02. The van der Waals surface area contributed by atoms with Crippen molar-refractivity contribution < 1.29 is 9.53 Å². The van der Waals surface area contributed by atoms with Crippen LogP contribution >= 0.6 is 11.6 Å². The summed E-state index contributed by atoms with van der Waals surface area (Å²) in [6, 6.07) is 9.53. The fourth-order valence-corrected chi connectivity index (χ4v) is 1.58. The summed E-state index contributed by atoms with van der Waals surface area (Å²) in [6.45, 7) is 5.53. The largest absolute Gasteiger partial charge is 0.460 e. The standard InChI is InChI=1S/C13H17ClO2/c1-13(2,3)16-12(15)9-11(14)10-7-5-4-6-8-10/h4-8,11H,9H2,1-3H3. The normalized spacial score (nSPS) is 13.2. The molecule has 0 aliphatic carbocycles. The molecular weight excluding hydrogens is 224 g/mol. The van der Waals surface area contributed by atoms with E-state index in [2.05, 4.69) is 0 Å². The van der Waals surface area contributed by atoms with E-state index in [-0.39, 0.29) is 17.8 Å². The van der Waals surface area contributed by atoms with Crippen LogP contribution in [0.15, 0.2) is 30.3 Å². The highest BCUT2D eigenvalue weighted by Crippen LogP contribution is 2.25. The van der Waals surface area contributed by atoms with Gasteiger partial charge < -0.3 is 4.74 Å². The van der Waals surface area contributed by atoms with E-state index in [1.54, 1.807) is 0 Å². The Morgan fingerprint density at radius 1 is 1.31 bits per heavy atom. The molecule has 0 aliphatic heterocycles. The van der Waals surface area contributed by atoms with E-state index in [1.807, 2.05) is 51.1 Å². The summed E-state index contributed by atoms with van der Waals surface area (Å²) in [5, 5.41) is -0.323. The molecule has 0 spiro atoms. The Labute approximate surface area is 102 Å². The first-order valence-corrected chi connectivity index (χ1v) is 5.73. The van der Waals surface area contributed by atoms with Crippen LogP contribution in [0.2, 0.25) is 0 Å². The summed E-state index contributed by atoms with van der Waals surface area (Å²) in [6.07, 6.45) is 0.197. The quantitative estimate of drug-likeness (QED) is 0.595. The van der Waals surface area contributed by atoms with E-state index < -0.39 is 5.60 Å². The van der Waals surface area contributed by atoms with Crippen molar-refractivity contribution in [3.63, 3.8) is 0 Å². The lowest BCUT2D eigenvalue weighted by Gasteiger charge is -2.20. The van der Waals surface area contributed by atoms with Crippen molar-refractivity contribution in [2.45, 2.75) is 38.2 Å². The Balaban J connectivity index is 2.52. The zero-order valence-corrected chi connectivity index (χ0v) is 10.6. The van der Waals surface area contributed by atoms with Gasteiger partial charge in [0.15, 0.2) is 0 Å². The van der Waals surface area contributed by atoms with E-state index in [1.165, 1.54) is 0 Å². The summed E-state index contributed by atoms with van der Waals surface area (Å²) in [7, 11) is 0. The summed E-state index contributed by atoms with van der Waals surface area (Å²) in [5.41, 5.74) is 0.486. The van der Waals surface area contributed by atoms with Gasteiger partial charge in [-0.3, -0.25) is 4.79 Å². The third-order valence-corrected chi connectivity index (χ3v) is 2.33. The van der Waals surface area contributed by atoms with Gasteiger partial charge in [-0.15, -0.1) is 11.6 Å². The first-order valence-electron chi connectivity index (χ1n) is 5.29. The van der Waals surface area contributed by atoms with Crippen LogP contribution in [-0.4, -0.2) is 11.6 Å². The maximum Gasteiger partial charge on any atom is 0.308 e. The zero-order valence-electron chi connectivity index (χ0n) is 9.87. The zero-order chi connectivity index (χ0) is 12.2. The molecule has 0 amide bonds. The molecule has 0 radical (unpaired) electrons. The number of carbonyl (C=O) groups is 1. The molecule has 0 N–H and O–H groups in total. The van der Waals surface area contributed by atoms with E-state index in [4.69, 9.17) is 16.3 Å². The van der Waals surface area contributed by atoms with Crippen LogP contribution in [0.1, 0.15) is 38.1 Å². The SMILES string of the molecule is CC(C)(C)OC(=O)CC(Cl)c1ccccc1. The number of rotatable bonds is 3. The molecule has 0 saturated heterocycles. The lowest BCUT2D eigenvalue weighted by Crippen LogP contribution is -2.24. The van der Waals surface area contributed by atoms with Crippen LogP contribution < -0.4 is 0 Å². The second-order valence-corrected chi connectivity index (χ2v) is 5.20. The molecule has 1 unspecified atom stereocenters. The molecule has 0 fully saturated rings. The molecular formula is C13H17ClO2. The molecule has 1 aromatic carbocycles. The summed E-state index contributed by atoms with van der Waals surface area (Å²) >= 11 is 6.13. The Morgan fingerprint density at radius 2 is 1.88 bits per heavy atom. The van der Waals surface area contributed by atoms with Crippen LogP contribution in [0, 0.1) is 0 Å². The van der Waals surface area contributed by atoms with Gasteiger partial charge in [0.2, 0.25) is 0 Å². The summed E-state index contributed by atoms with van der Waals surface area (Å²) in [5.74, 6) is -0.267. The second-order valence-electron chi connectivity index (χ2n) is 4.67. The van der Waals surface area contributed by atoms with Gasteiger partial charge in [0.1, 0.15) is 5.60 Å². The van der Waals surface area contributed by atoms with E-state index >= 15 is 0 Å². The fraction of sp³-hybridized carbons (Fsp3) is 0.462. The van der Waals surface area contributed by atoms with Crippen molar-refractivity contribution in [1.82, 2.24) is 0 Å². The predicted octanol–water partition coefficient (Wildman–Crippen LogP) is 3.70. The molecule has 16 heavy (non-hydrogen) atoms. The van der Waals surface area contributed by atoms with Gasteiger partial charge in [0.25, 0.3) is 0 Å². The fourth-order valence-electron chi connectivity index (χ4n) is 1.31. The Bertz CT molecular complexity index is 341. The van der Waals surface area contributed by atoms with Gasteiger partial charge in [0, 0.05) is 0 Å². The van der Waals surface area contributed by atoms with Gasteiger partial charge in [-0.1, -0.05) is 30.3 Å². The minimum atomic E-state index is -0.454. The molecule has 0 heterocycles. The molecule has 0 saturated carbocycles. The van der Waals surface area contributed by atoms with Crippen LogP contribution in [0.5, 0.6) is 0 Å². The van der Waals surface area contributed by atoms with E-state index in [0.717, 1.165) is 5.56 Å². The van der Waals surface area contributed by atoms with Crippen molar-refractivity contribution in [3.05, 3.63) is 35.9 Å². The van der Waals surface area contributed by atoms with Crippen LogP contribution in [-0.2, 0) is 9.53 Å². The van der Waals surface area contributed by atoms with Crippen molar-refractivity contribution in [2.75, 3.05) is 0 Å². The first kappa shape index (κ1) is 13.0. The van der Waals surface area contributed by atoms with Crippen LogP contribution in [0.3, 0.4) is 0 Å².